The van der Waals surface area contributed by atoms with Crippen LogP contribution in [-0.2, 0) is 17.8 Å². The molecule has 2 aromatic rings. The number of aryl methyl sites for hydroxylation is 1. The number of anilines is 1. The lowest BCUT2D eigenvalue weighted by molar-refractivity contribution is -0.116. The van der Waals surface area contributed by atoms with E-state index < -0.39 is 0 Å². The Balaban J connectivity index is 1.80. The second-order valence-corrected chi connectivity index (χ2v) is 5.91. The molecule has 0 heterocycles. The largest absolute Gasteiger partial charge is 0.495 e. The van der Waals surface area contributed by atoms with Crippen LogP contribution >= 0.6 is 0 Å². The molecule has 0 saturated carbocycles. The van der Waals surface area contributed by atoms with Gasteiger partial charge in [0.2, 0.25) is 5.91 Å². The van der Waals surface area contributed by atoms with Crippen LogP contribution in [0.4, 0.5) is 5.69 Å². The average molecular weight is 326 g/mol. The van der Waals surface area contributed by atoms with E-state index in [-0.39, 0.29) is 5.91 Å². The van der Waals surface area contributed by atoms with Crippen LogP contribution in [0.2, 0.25) is 0 Å². The van der Waals surface area contributed by atoms with Gasteiger partial charge in [0.1, 0.15) is 5.75 Å². The molecule has 0 radical (unpaired) electrons. The molecule has 4 heteroatoms. The quantitative estimate of drug-likeness (QED) is 0.804. The zero-order valence-electron chi connectivity index (χ0n) is 14.7. The number of rotatable bonds is 8. The molecule has 128 valence electrons. The van der Waals surface area contributed by atoms with E-state index >= 15 is 0 Å². The van der Waals surface area contributed by atoms with Crippen LogP contribution in [0, 0.1) is 0 Å². The summed E-state index contributed by atoms with van der Waals surface area (Å²) in [7, 11) is 3.63. The Morgan fingerprint density at radius 2 is 1.75 bits per heavy atom. The molecule has 0 aliphatic heterocycles. The van der Waals surface area contributed by atoms with Crippen molar-refractivity contribution in [2.24, 2.45) is 0 Å². The SMILES string of the molecule is CCc1ccc(CN(C)CCC(=O)Nc2ccccc2OC)cc1. The summed E-state index contributed by atoms with van der Waals surface area (Å²) in [5.74, 6) is 0.669. The summed E-state index contributed by atoms with van der Waals surface area (Å²) in [6, 6.07) is 16.1. The van der Waals surface area contributed by atoms with Gasteiger partial charge in [-0.2, -0.15) is 0 Å². The van der Waals surface area contributed by atoms with Gasteiger partial charge in [-0.25, -0.2) is 0 Å². The number of ether oxygens (including phenoxy) is 1. The molecule has 1 amide bonds. The fourth-order valence-corrected chi connectivity index (χ4v) is 2.52. The number of carbonyl (C=O) groups is 1. The Morgan fingerprint density at radius 3 is 2.42 bits per heavy atom. The normalized spacial score (nSPS) is 10.7. The molecule has 24 heavy (non-hydrogen) atoms. The topological polar surface area (TPSA) is 41.6 Å². The third-order valence-corrected chi connectivity index (χ3v) is 3.99. The van der Waals surface area contributed by atoms with Gasteiger partial charge in [0, 0.05) is 19.5 Å². The molecule has 0 aliphatic rings. The number of nitrogens with one attached hydrogen (secondary N) is 1. The maximum Gasteiger partial charge on any atom is 0.225 e. The van der Waals surface area contributed by atoms with Gasteiger partial charge in [-0.05, 0) is 36.7 Å². The Bertz CT molecular complexity index is 653. The summed E-state index contributed by atoms with van der Waals surface area (Å²) in [6.07, 6.45) is 1.50. The predicted molar refractivity (Wildman–Crippen MR) is 98.4 cm³/mol. The highest BCUT2D eigenvalue weighted by atomic mass is 16.5. The first-order valence-corrected chi connectivity index (χ1v) is 8.31. The number of para-hydroxylation sites is 2. The highest BCUT2D eigenvalue weighted by Crippen LogP contribution is 2.23. The Hall–Kier alpha value is -2.33. The molecule has 0 atom stereocenters. The molecule has 0 unspecified atom stereocenters. The molecular formula is C20H26N2O2. The van der Waals surface area contributed by atoms with Crippen molar-refractivity contribution < 1.29 is 9.53 Å². The van der Waals surface area contributed by atoms with E-state index in [0.717, 1.165) is 13.0 Å². The van der Waals surface area contributed by atoms with Gasteiger partial charge in [0.05, 0.1) is 12.8 Å². The highest BCUT2D eigenvalue weighted by Gasteiger charge is 2.08. The van der Waals surface area contributed by atoms with Gasteiger partial charge in [0.25, 0.3) is 0 Å². The minimum Gasteiger partial charge on any atom is -0.495 e. The van der Waals surface area contributed by atoms with Crippen molar-refractivity contribution in [3.05, 3.63) is 59.7 Å². The van der Waals surface area contributed by atoms with Crippen molar-refractivity contribution in [3.63, 3.8) is 0 Å². The number of hydrogen-bond donors (Lipinski definition) is 1. The van der Waals surface area contributed by atoms with Crippen LogP contribution in [0.15, 0.2) is 48.5 Å². The van der Waals surface area contributed by atoms with E-state index in [9.17, 15) is 4.79 Å². The molecule has 4 nitrogen and oxygen atoms in total. The summed E-state index contributed by atoms with van der Waals surface area (Å²) in [5.41, 5.74) is 3.32. The summed E-state index contributed by atoms with van der Waals surface area (Å²) >= 11 is 0. The van der Waals surface area contributed by atoms with Gasteiger partial charge >= 0.3 is 0 Å². The van der Waals surface area contributed by atoms with E-state index in [0.29, 0.717) is 24.4 Å². The van der Waals surface area contributed by atoms with Gasteiger partial charge in [0.15, 0.2) is 0 Å². The molecule has 0 saturated heterocycles. The molecule has 0 aromatic heterocycles. The van der Waals surface area contributed by atoms with Crippen LogP contribution < -0.4 is 10.1 Å². The molecule has 0 aliphatic carbocycles. The lowest BCUT2D eigenvalue weighted by Crippen LogP contribution is -2.24. The van der Waals surface area contributed by atoms with Crippen LogP contribution in [0.1, 0.15) is 24.5 Å². The first-order chi connectivity index (χ1) is 11.6. The highest BCUT2D eigenvalue weighted by molar-refractivity contribution is 5.92. The fraction of sp³-hybridized carbons (Fsp3) is 0.350. The van der Waals surface area contributed by atoms with Crippen molar-refractivity contribution in [1.29, 1.82) is 0 Å². The van der Waals surface area contributed by atoms with E-state index in [1.54, 1.807) is 7.11 Å². The zero-order chi connectivity index (χ0) is 17.4. The van der Waals surface area contributed by atoms with Gasteiger partial charge in [-0.3, -0.25) is 4.79 Å². The monoisotopic (exact) mass is 326 g/mol. The van der Waals surface area contributed by atoms with E-state index in [1.165, 1.54) is 11.1 Å². The lowest BCUT2D eigenvalue weighted by Gasteiger charge is -2.17. The van der Waals surface area contributed by atoms with Crippen LogP contribution in [0.25, 0.3) is 0 Å². The number of benzene rings is 2. The summed E-state index contributed by atoms with van der Waals surface area (Å²) in [6.45, 7) is 3.70. The molecule has 1 N–H and O–H groups in total. The van der Waals surface area contributed by atoms with Gasteiger partial charge < -0.3 is 15.0 Å². The Kier molecular flexibility index (Phi) is 6.82. The lowest BCUT2D eigenvalue weighted by atomic mass is 10.1. The van der Waals surface area contributed by atoms with Crippen LogP contribution in [0.5, 0.6) is 5.75 Å². The molecule has 2 rings (SSSR count). The Labute approximate surface area is 144 Å². The van der Waals surface area contributed by atoms with Crippen molar-refractivity contribution in [1.82, 2.24) is 4.90 Å². The van der Waals surface area contributed by atoms with Crippen LogP contribution in [0.3, 0.4) is 0 Å². The molecule has 0 spiro atoms. The van der Waals surface area contributed by atoms with Crippen molar-refractivity contribution in [2.75, 3.05) is 26.0 Å². The minimum absolute atomic E-state index is 0.00678. The van der Waals surface area contributed by atoms with Crippen molar-refractivity contribution in [3.8, 4) is 5.75 Å². The Morgan fingerprint density at radius 1 is 1.08 bits per heavy atom. The van der Waals surface area contributed by atoms with Crippen molar-refractivity contribution >= 4 is 11.6 Å². The first kappa shape index (κ1) is 18.0. The molecular weight excluding hydrogens is 300 g/mol. The number of carbonyl (C=O) groups excluding carboxylic acids is 1. The third-order valence-electron chi connectivity index (χ3n) is 3.99. The average Bonchev–Trinajstić information content (AvgIpc) is 2.61. The minimum atomic E-state index is -0.00678. The third kappa shape index (κ3) is 5.39. The standard InChI is InChI=1S/C20H26N2O2/c1-4-16-9-11-17(12-10-16)15-22(2)14-13-20(23)21-18-7-5-6-8-19(18)24-3/h5-12H,4,13-15H2,1-3H3,(H,21,23). The molecule has 0 fully saturated rings. The maximum absolute atomic E-state index is 12.1. The summed E-state index contributed by atoms with van der Waals surface area (Å²) in [4.78, 5) is 14.3. The molecule has 0 bridgehead atoms. The van der Waals surface area contributed by atoms with E-state index in [2.05, 4.69) is 41.4 Å². The fourth-order valence-electron chi connectivity index (χ4n) is 2.52. The second kappa shape index (κ2) is 9.08. The van der Waals surface area contributed by atoms with E-state index in [4.69, 9.17) is 4.74 Å². The molecule has 2 aromatic carbocycles. The summed E-state index contributed by atoms with van der Waals surface area (Å²) in [5, 5.41) is 2.91. The van der Waals surface area contributed by atoms with Crippen molar-refractivity contribution in [2.45, 2.75) is 26.3 Å². The smallest absolute Gasteiger partial charge is 0.225 e. The maximum atomic E-state index is 12.1. The van der Waals surface area contributed by atoms with Gasteiger partial charge in [-0.1, -0.05) is 43.3 Å². The number of nitrogens with zero attached hydrogens (tertiary/aromatic N) is 1. The second-order valence-electron chi connectivity index (χ2n) is 5.91. The number of methoxy groups -OCH3 is 1. The van der Waals surface area contributed by atoms with Crippen LogP contribution in [-0.4, -0.2) is 31.5 Å². The number of amides is 1. The predicted octanol–water partition coefficient (Wildman–Crippen LogP) is 3.72. The van der Waals surface area contributed by atoms with E-state index in [1.807, 2.05) is 31.3 Å². The summed E-state index contributed by atoms with van der Waals surface area (Å²) < 4.78 is 5.24. The zero-order valence-corrected chi connectivity index (χ0v) is 14.7. The van der Waals surface area contributed by atoms with Gasteiger partial charge in [-0.15, -0.1) is 0 Å². The first-order valence-electron chi connectivity index (χ1n) is 8.31. The number of hydrogen-bond acceptors (Lipinski definition) is 3.